The fourth-order valence-corrected chi connectivity index (χ4v) is 3.69. The topological polar surface area (TPSA) is 15.3 Å². The average molecular weight is 244 g/mol. The highest BCUT2D eigenvalue weighted by atomic mass is 15.2. The van der Waals surface area contributed by atoms with Crippen molar-refractivity contribution in [1.82, 2.24) is 5.32 Å². The van der Waals surface area contributed by atoms with Crippen LogP contribution in [-0.2, 0) is 5.41 Å². The zero-order valence-corrected chi connectivity index (χ0v) is 11.6. The number of hydrogen-bond acceptors (Lipinski definition) is 2. The van der Waals surface area contributed by atoms with Gasteiger partial charge in [0, 0.05) is 24.2 Å². The van der Waals surface area contributed by atoms with Crippen LogP contribution < -0.4 is 10.2 Å². The van der Waals surface area contributed by atoms with Crippen molar-refractivity contribution in [3.8, 4) is 0 Å². The fourth-order valence-electron chi connectivity index (χ4n) is 3.69. The fraction of sp³-hybridized carbons (Fsp3) is 0.625. The van der Waals surface area contributed by atoms with Crippen LogP contribution >= 0.6 is 0 Å². The van der Waals surface area contributed by atoms with Crippen LogP contribution in [-0.4, -0.2) is 26.2 Å². The quantitative estimate of drug-likeness (QED) is 0.860. The Morgan fingerprint density at radius 2 is 2.06 bits per heavy atom. The van der Waals surface area contributed by atoms with Gasteiger partial charge in [0.05, 0.1) is 0 Å². The number of hydrogen-bond donors (Lipinski definition) is 1. The third kappa shape index (κ3) is 1.83. The van der Waals surface area contributed by atoms with Crippen molar-refractivity contribution in [2.45, 2.75) is 38.5 Å². The molecule has 1 saturated heterocycles. The summed E-state index contributed by atoms with van der Waals surface area (Å²) in [5.41, 5.74) is 4.97. The monoisotopic (exact) mass is 244 g/mol. The van der Waals surface area contributed by atoms with Crippen molar-refractivity contribution in [2.75, 3.05) is 31.1 Å². The van der Waals surface area contributed by atoms with Crippen LogP contribution in [0, 0.1) is 6.92 Å². The van der Waals surface area contributed by atoms with Crippen molar-refractivity contribution >= 4 is 5.69 Å². The first kappa shape index (κ1) is 12.0. The molecular weight excluding hydrogens is 220 g/mol. The first-order chi connectivity index (χ1) is 8.75. The molecule has 0 radical (unpaired) electrons. The standard InChI is InChI=1S/C16H24N2/c1-3-10-18-12-16(6-8-17-9-7-16)14-11-13(2)4-5-15(14)18/h4-5,11,17H,3,6-10,12H2,1-2H3. The Balaban J connectivity index is 2.02. The third-order valence-electron chi connectivity index (χ3n) is 4.61. The van der Waals surface area contributed by atoms with E-state index in [1.165, 1.54) is 56.7 Å². The number of piperidine rings is 1. The molecule has 2 heteroatoms. The highest BCUT2D eigenvalue weighted by Gasteiger charge is 2.42. The van der Waals surface area contributed by atoms with E-state index in [2.05, 4.69) is 42.3 Å². The van der Waals surface area contributed by atoms with Gasteiger partial charge in [-0.3, -0.25) is 0 Å². The molecule has 0 aliphatic carbocycles. The van der Waals surface area contributed by atoms with Crippen molar-refractivity contribution in [1.29, 1.82) is 0 Å². The van der Waals surface area contributed by atoms with E-state index in [0.29, 0.717) is 5.41 Å². The van der Waals surface area contributed by atoms with Gasteiger partial charge in [-0.05, 0) is 50.9 Å². The molecule has 1 aromatic rings. The Bertz CT molecular complexity index is 433. The predicted molar refractivity (Wildman–Crippen MR) is 77.5 cm³/mol. The Labute approximate surface area is 110 Å². The lowest BCUT2D eigenvalue weighted by molar-refractivity contribution is 0.325. The molecule has 2 nitrogen and oxygen atoms in total. The lowest BCUT2D eigenvalue weighted by Crippen LogP contribution is -2.43. The Hall–Kier alpha value is -1.02. The lowest BCUT2D eigenvalue weighted by Gasteiger charge is -2.35. The molecule has 98 valence electrons. The number of rotatable bonds is 2. The Morgan fingerprint density at radius 3 is 2.78 bits per heavy atom. The third-order valence-corrected chi connectivity index (χ3v) is 4.61. The zero-order valence-electron chi connectivity index (χ0n) is 11.6. The van der Waals surface area contributed by atoms with E-state index in [9.17, 15) is 0 Å². The highest BCUT2D eigenvalue weighted by molar-refractivity contribution is 5.63. The van der Waals surface area contributed by atoms with E-state index in [4.69, 9.17) is 0 Å². The second-order valence-corrected chi connectivity index (χ2v) is 5.97. The van der Waals surface area contributed by atoms with Crippen LogP contribution in [0.3, 0.4) is 0 Å². The molecule has 1 fully saturated rings. The van der Waals surface area contributed by atoms with Gasteiger partial charge in [0.2, 0.25) is 0 Å². The smallest absolute Gasteiger partial charge is 0.0405 e. The Kier molecular flexibility index (Phi) is 3.06. The van der Waals surface area contributed by atoms with Gasteiger partial charge in [0.1, 0.15) is 0 Å². The van der Waals surface area contributed by atoms with Gasteiger partial charge >= 0.3 is 0 Å². The van der Waals surface area contributed by atoms with Gasteiger partial charge in [-0.1, -0.05) is 24.6 Å². The zero-order chi connectivity index (χ0) is 12.6. The average Bonchev–Trinajstić information content (AvgIpc) is 2.65. The maximum absolute atomic E-state index is 3.51. The number of nitrogens with zero attached hydrogens (tertiary/aromatic N) is 1. The normalized spacial score (nSPS) is 21.3. The molecule has 1 aromatic carbocycles. The molecule has 1 N–H and O–H groups in total. The predicted octanol–water partition coefficient (Wildman–Crippen LogP) is 2.85. The van der Waals surface area contributed by atoms with Crippen molar-refractivity contribution < 1.29 is 0 Å². The van der Waals surface area contributed by atoms with E-state index in [-0.39, 0.29) is 0 Å². The number of fused-ring (bicyclic) bond motifs is 2. The molecule has 3 rings (SSSR count). The van der Waals surface area contributed by atoms with Crippen LogP contribution in [0.1, 0.15) is 37.3 Å². The summed E-state index contributed by atoms with van der Waals surface area (Å²) in [4.78, 5) is 2.61. The van der Waals surface area contributed by atoms with E-state index < -0.39 is 0 Å². The first-order valence-electron chi connectivity index (χ1n) is 7.32. The van der Waals surface area contributed by atoms with E-state index in [1.54, 1.807) is 5.56 Å². The molecule has 2 heterocycles. The van der Waals surface area contributed by atoms with Crippen LogP contribution in [0.4, 0.5) is 5.69 Å². The number of nitrogens with one attached hydrogen (secondary N) is 1. The highest BCUT2D eigenvalue weighted by Crippen LogP contribution is 2.46. The van der Waals surface area contributed by atoms with Crippen LogP contribution in [0.15, 0.2) is 18.2 Å². The SMILES string of the molecule is CCCN1CC2(CCNCC2)c2cc(C)ccc21. The summed E-state index contributed by atoms with van der Waals surface area (Å²) in [7, 11) is 0. The molecule has 18 heavy (non-hydrogen) atoms. The molecule has 0 bridgehead atoms. The van der Waals surface area contributed by atoms with Crippen molar-refractivity contribution in [2.24, 2.45) is 0 Å². The number of benzene rings is 1. The second kappa shape index (κ2) is 4.58. The summed E-state index contributed by atoms with van der Waals surface area (Å²) in [6, 6.07) is 7.05. The summed E-state index contributed by atoms with van der Waals surface area (Å²) < 4.78 is 0. The number of aryl methyl sites for hydroxylation is 1. The van der Waals surface area contributed by atoms with E-state index >= 15 is 0 Å². The minimum atomic E-state index is 0.432. The van der Waals surface area contributed by atoms with Crippen molar-refractivity contribution in [3.63, 3.8) is 0 Å². The first-order valence-corrected chi connectivity index (χ1v) is 7.32. The molecule has 2 aliphatic rings. The molecule has 0 atom stereocenters. The maximum atomic E-state index is 3.51. The summed E-state index contributed by atoms with van der Waals surface area (Å²) in [6.45, 7) is 9.28. The van der Waals surface area contributed by atoms with Gasteiger partial charge in [-0.2, -0.15) is 0 Å². The largest absolute Gasteiger partial charge is 0.370 e. The van der Waals surface area contributed by atoms with E-state index in [1.807, 2.05) is 0 Å². The molecule has 0 amide bonds. The minimum Gasteiger partial charge on any atom is -0.370 e. The number of anilines is 1. The lowest BCUT2D eigenvalue weighted by atomic mass is 9.74. The summed E-state index contributed by atoms with van der Waals surface area (Å²) >= 11 is 0. The van der Waals surface area contributed by atoms with Crippen LogP contribution in [0.25, 0.3) is 0 Å². The molecule has 0 unspecified atom stereocenters. The van der Waals surface area contributed by atoms with Crippen LogP contribution in [0.5, 0.6) is 0 Å². The van der Waals surface area contributed by atoms with Gasteiger partial charge in [0.15, 0.2) is 0 Å². The molecular formula is C16H24N2. The van der Waals surface area contributed by atoms with Gasteiger partial charge in [-0.15, -0.1) is 0 Å². The molecule has 1 spiro atoms. The molecule has 0 saturated carbocycles. The van der Waals surface area contributed by atoms with Gasteiger partial charge < -0.3 is 10.2 Å². The second-order valence-electron chi connectivity index (χ2n) is 5.97. The molecule has 0 aromatic heterocycles. The van der Waals surface area contributed by atoms with E-state index in [0.717, 1.165) is 0 Å². The minimum absolute atomic E-state index is 0.432. The Morgan fingerprint density at radius 1 is 1.28 bits per heavy atom. The van der Waals surface area contributed by atoms with Crippen LogP contribution in [0.2, 0.25) is 0 Å². The summed E-state index contributed by atoms with van der Waals surface area (Å²) in [5.74, 6) is 0. The van der Waals surface area contributed by atoms with Gasteiger partial charge in [0.25, 0.3) is 0 Å². The summed E-state index contributed by atoms with van der Waals surface area (Å²) in [5, 5.41) is 3.51. The molecule has 2 aliphatic heterocycles. The maximum Gasteiger partial charge on any atom is 0.0405 e. The van der Waals surface area contributed by atoms with Crippen molar-refractivity contribution in [3.05, 3.63) is 29.3 Å². The van der Waals surface area contributed by atoms with Gasteiger partial charge in [-0.25, -0.2) is 0 Å². The summed E-state index contributed by atoms with van der Waals surface area (Å²) in [6.07, 6.45) is 3.83.